The summed E-state index contributed by atoms with van der Waals surface area (Å²) < 4.78 is 12.7. The van der Waals surface area contributed by atoms with Crippen LogP contribution < -0.4 is 26.0 Å². The molecule has 0 aliphatic carbocycles. The van der Waals surface area contributed by atoms with Crippen molar-refractivity contribution in [3.63, 3.8) is 0 Å². The van der Waals surface area contributed by atoms with Crippen LogP contribution in [0, 0.1) is 0 Å². The van der Waals surface area contributed by atoms with Crippen LogP contribution in [-0.4, -0.2) is 112 Å². The number of nitrogen functional groups attached to an aromatic ring is 1. The topological polar surface area (TPSA) is 176 Å². The number of carbonyl (C=O) groups is 1. The molecule has 1 amide bonds. The number of anilines is 3. The van der Waals surface area contributed by atoms with E-state index in [4.69, 9.17) is 15.2 Å². The molecule has 0 unspecified atom stereocenters. The van der Waals surface area contributed by atoms with Crippen molar-refractivity contribution in [3.05, 3.63) is 30.6 Å². The first-order valence-electron chi connectivity index (χ1n) is 13.0. The fourth-order valence-corrected chi connectivity index (χ4v) is 5.01. The molecule has 2 aromatic heterocycles. The zero-order valence-electron chi connectivity index (χ0n) is 22.0. The van der Waals surface area contributed by atoms with Crippen LogP contribution in [0.1, 0.15) is 13.2 Å². The summed E-state index contributed by atoms with van der Waals surface area (Å²) in [7, 11) is 1.69. The van der Waals surface area contributed by atoms with Gasteiger partial charge in [-0.1, -0.05) is 12.1 Å². The molecule has 5 rings (SSSR count). The summed E-state index contributed by atoms with van der Waals surface area (Å²) in [6, 6.07) is 8.04. The fraction of sp³-hybridized carbons (Fsp3) is 0.520. The first-order chi connectivity index (χ1) is 18.9. The number of ether oxygens (including phenoxy) is 2. The molecule has 39 heavy (non-hydrogen) atoms. The van der Waals surface area contributed by atoms with E-state index >= 15 is 0 Å². The molecule has 4 heterocycles. The van der Waals surface area contributed by atoms with Gasteiger partial charge >= 0.3 is 0 Å². The Bertz CT molecular complexity index is 1300. The SMILES string of the molecule is CCNC(=O)[C@H]1O[C@@H](n2cnc3c(N)nc(NCCN4CCN(c5ccccc5OC)CC4)nc32)[C@H](O)[C@@H]1O. The number of imidazole rings is 1. The van der Waals surface area contributed by atoms with Gasteiger partial charge in [0.05, 0.1) is 19.1 Å². The zero-order chi connectivity index (χ0) is 27.5. The molecule has 1 aromatic carbocycles. The molecule has 14 nitrogen and oxygen atoms in total. The monoisotopic (exact) mass is 541 g/mol. The maximum Gasteiger partial charge on any atom is 0.252 e. The van der Waals surface area contributed by atoms with E-state index in [9.17, 15) is 15.0 Å². The molecule has 2 fully saturated rings. The molecule has 0 spiro atoms. The number of nitrogens with one attached hydrogen (secondary N) is 2. The van der Waals surface area contributed by atoms with Gasteiger partial charge in [0.15, 0.2) is 23.8 Å². The summed E-state index contributed by atoms with van der Waals surface area (Å²) in [5, 5.41) is 26.8. The molecular formula is C25H35N9O5. The Labute approximate surface area is 225 Å². The molecule has 2 aliphatic rings. The van der Waals surface area contributed by atoms with Crippen molar-refractivity contribution in [1.29, 1.82) is 0 Å². The van der Waals surface area contributed by atoms with E-state index in [1.54, 1.807) is 14.0 Å². The number of likely N-dealkylation sites (N-methyl/N-ethyl adjacent to an activating group) is 1. The van der Waals surface area contributed by atoms with Gasteiger partial charge in [0.25, 0.3) is 5.91 Å². The molecule has 0 radical (unpaired) electrons. The summed E-state index contributed by atoms with van der Waals surface area (Å²) in [6.45, 7) is 7.09. The highest BCUT2D eigenvalue weighted by molar-refractivity contribution is 5.83. The van der Waals surface area contributed by atoms with Crippen molar-refractivity contribution in [3.8, 4) is 5.75 Å². The molecule has 210 valence electrons. The molecule has 2 aliphatic heterocycles. The number of nitrogens with two attached hydrogens (primary N) is 1. The Morgan fingerprint density at radius 1 is 1.18 bits per heavy atom. The number of methoxy groups -OCH3 is 1. The summed E-state index contributed by atoms with van der Waals surface area (Å²) in [5.41, 5.74) is 7.90. The lowest BCUT2D eigenvalue weighted by molar-refractivity contribution is -0.137. The largest absolute Gasteiger partial charge is 0.495 e. The maximum atomic E-state index is 12.3. The second-order valence-corrected chi connectivity index (χ2v) is 9.51. The summed E-state index contributed by atoms with van der Waals surface area (Å²) in [6.07, 6.45) is -3.65. The number of hydrogen-bond donors (Lipinski definition) is 5. The first-order valence-corrected chi connectivity index (χ1v) is 13.0. The van der Waals surface area contributed by atoms with E-state index < -0.39 is 30.4 Å². The molecule has 0 bridgehead atoms. The second-order valence-electron chi connectivity index (χ2n) is 9.51. The number of hydrogen-bond acceptors (Lipinski definition) is 12. The highest BCUT2D eigenvalue weighted by atomic mass is 16.6. The fourth-order valence-electron chi connectivity index (χ4n) is 5.01. The number of amides is 1. The lowest BCUT2D eigenvalue weighted by Gasteiger charge is -2.36. The van der Waals surface area contributed by atoms with Crippen molar-refractivity contribution in [2.45, 2.75) is 31.5 Å². The minimum absolute atomic E-state index is 0.167. The van der Waals surface area contributed by atoms with Gasteiger partial charge in [-0.25, -0.2) is 4.98 Å². The standard InChI is InChI=1S/C25H35N9O5/c1-3-27-23(37)20-18(35)19(36)24(39-20)34-14-29-17-21(26)30-25(31-22(17)34)28-8-9-32-10-12-33(13-11-32)15-6-4-5-7-16(15)38-2/h4-7,14,18-20,24,35-36H,3,8-13H2,1-2H3,(H,27,37)(H3,26,28,30,31)/t18-,19+,20-,24+/m0/s1. The van der Waals surface area contributed by atoms with Crippen LogP contribution in [-0.2, 0) is 9.53 Å². The van der Waals surface area contributed by atoms with E-state index in [-0.39, 0.29) is 5.82 Å². The number of fused-ring (bicyclic) bond motifs is 1. The third kappa shape index (κ3) is 5.41. The number of piperazine rings is 1. The number of aliphatic hydroxyl groups excluding tert-OH is 2. The van der Waals surface area contributed by atoms with Crippen molar-refractivity contribution >= 4 is 34.5 Å². The predicted molar refractivity (Wildman–Crippen MR) is 144 cm³/mol. The minimum Gasteiger partial charge on any atom is -0.495 e. The summed E-state index contributed by atoms with van der Waals surface area (Å²) in [5.74, 6) is 0.848. The van der Waals surface area contributed by atoms with Crippen LogP contribution in [0.2, 0.25) is 0 Å². The third-order valence-electron chi connectivity index (χ3n) is 7.08. The zero-order valence-corrected chi connectivity index (χ0v) is 22.0. The van der Waals surface area contributed by atoms with Gasteiger partial charge in [0.1, 0.15) is 23.5 Å². The van der Waals surface area contributed by atoms with Gasteiger partial charge in [-0.05, 0) is 19.1 Å². The molecule has 3 aromatic rings. The van der Waals surface area contributed by atoms with Gasteiger partial charge < -0.3 is 41.0 Å². The van der Waals surface area contributed by atoms with E-state index in [0.717, 1.165) is 44.2 Å². The van der Waals surface area contributed by atoms with Crippen LogP contribution in [0.25, 0.3) is 11.2 Å². The number of carbonyl (C=O) groups excluding carboxylic acids is 1. The minimum atomic E-state index is -1.40. The highest BCUT2D eigenvalue weighted by Gasteiger charge is 2.47. The Hall–Kier alpha value is -3.72. The second kappa shape index (κ2) is 11.6. The van der Waals surface area contributed by atoms with Crippen LogP contribution in [0.3, 0.4) is 0 Å². The predicted octanol–water partition coefficient (Wildman–Crippen LogP) is -0.593. The Morgan fingerprint density at radius 3 is 2.69 bits per heavy atom. The smallest absolute Gasteiger partial charge is 0.252 e. The Balaban J connectivity index is 1.21. The molecule has 14 heteroatoms. The highest BCUT2D eigenvalue weighted by Crippen LogP contribution is 2.33. The number of nitrogens with zero attached hydrogens (tertiary/aromatic N) is 6. The first kappa shape index (κ1) is 26.9. The van der Waals surface area contributed by atoms with E-state index in [0.29, 0.717) is 30.2 Å². The summed E-state index contributed by atoms with van der Waals surface area (Å²) in [4.78, 5) is 30.1. The number of aromatic nitrogens is 4. The molecule has 6 N–H and O–H groups in total. The van der Waals surface area contributed by atoms with Gasteiger partial charge in [-0.3, -0.25) is 14.3 Å². The Morgan fingerprint density at radius 2 is 1.95 bits per heavy atom. The normalized spacial score (nSPS) is 23.7. The molecule has 4 atom stereocenters. The van der Waals surface area contributed by atoms with Crippen molar-refractivity contribution in [1.82, 2.24) is 29.7 Å². The van der Waals surface area contributed by atoms with Crippen LogP contribution >= 0.6 is 0 Å². The van der Waals surface area contributed by atoms with Crippen LogP contribution in [0.15, 0.2) is 30.6 Å². The number of benzene rings is 1. The van der Waals surface area contributed by atoms with Gasteiger partial charge in [-0.2, -0.15) is 9.97 Å². The van der Waals surface area contributed by atoms with Crippen molar-refractivity contribution in [2.75, 3.05) is 68.9 Å². The van der Waals surface area contributed by atoms with Gasteiger partial charge in [-0.15, -0.1) is 0 Å². The number of aliphatic hydroxyl groups is 2. The number of rotatable bonds is 9. The maximum absolute atomic E-state index is 12.3. The molecule has 2 saturated heterocycles. The van der Waals surface area contributed by atoms with E-state index in [1.165, 1.54) is 10.9 Å². The molecular weight excluding hydrogens is 506 g/mol. The quantitative estimate of drug-likeness (QED) is 0.233. The third-order valence-corrected chi connectivity index (χ3v) is 7.08. The summed E-state index contributed by atoms with van der Waals surface area (Å²) >= 11 is 0. The van der Waals surface area contributed by atoms with Crippen LogP contribution in [0.5, 0.6) is 5.75 Å². The molecule has 0 saturated carbocycles. The lowest BCUT2D eigenvalue weighted by Crippen LogP contribution is -2.47. The Kier molecular flexibility index (Phi) is 7.97. The van der Waals surface area contributed by atoms with Gasteiger partial charge in [0, 0.05) is 45.8 Å². The van der Waals surface area contributed by atoms with Gasteiger partial charge in [0.2, 0.25) is 5.95 Å². The van der Waals surface area contributed by atoms with Crippen molar-refractivity contribution < 1.29 is 24.5 Å². The average molecular weight is 542 g/mol. The lowest BCUT2D eigenvalue weighted by atomic mass is 10.1. The van der Waals surface area contributed by atoms with E-state index in [1.807, 2.05) is 18.2 Å². The average Bonchev–Trinajstić information content (AvgIpc) is 3.50. The number of para-hydroxylation sites is 2. The van der Waals surface area contributed by atoms with E-state index in [2.05, 4.69) is 41.5 Å². The van der Waals surface area contributed by atoms with Crippen molar-refractivity contribution in [2.24, 2.45) is 0 Å². The van der Waals surface area contributed by atoms with Crippen LogP contribution in [0.4, 0.5) is 17.5 Å².